The van der Waals surface area contributed by atoms with E-state index in [2.05, 4.69) is 15.3 Å². The number of nitrogens with one attached hydrogen (secondary N) is 1. The van der Waals surface area contributed by atoms with E-state index in [-0.39, 0.29) is 43.0 Å². The first-order valence-corrected chi connectivity index (χ1v) is 10.8. The molecule has 2 aromatic rings. The molecule has 0 spiro atoms. The number of amides is 2. The predicted octanol–water partition coefficient (Wildman–Crippen LogP) is -3.00. The number of hydrogen-bond acceptors (Lipinski definition) is 7. The van der Waals surface area contributed by atoms with Gasteiger partial charge in [-0.05, 0) is 25.0 Å². The first-order chi connectivity index (χ1) is 14.8. The van der Waals surface area contributed by atoms with E-state index >= 15 is 0 Å². The zero-order valence-corrected chi connectivity index (χ0v) is 19.1. The van der Waals surface area contributed by atoms with Crippen molar-refractivity contribution < 1.29 is 31.9 Å². The van der Waals surface area contributed by atoms with Gasteiger partial charge in [0.2, 0.25) is 17.6 Å². The molecule has 0 unspecified atom stereocenters. The Morgan fingerprint density at radius 2 is 2.06 bits per heavy atom. The number of halogens is 1. The maximum Gasteiger partial charge on any atom is 0.243 e. The van der Waals surface area contributed by atoms with Gasteiger partial charge < -0.3 is 39.2 Å². The first-order valence-electron chi connectivity index (χ1n) is 9.97. The topological polar surface area (TPSA) is 164 Å². The standard InChI is InChI=1S/C20H26N6O4S.ClH/c1-11(27)26-10-12(28)9-15(26)18(30)24-14(6-4-8-23-20(21)22)17(29)19-25-13-5-2-3-7-16(13)31-19;/h2-3,5,7,12,14-15,28H,4,6,8-10H2,1H3,(H,24,30)(H4,21,22,23);1H/p-1/t12-,14+,15+;/m1./s1. The number of aliphatic hydroxyl groups is 1. The zero-order valence-electron chi connectivity index (χ0n) is 17.5. The van der Waals surface area contributed by atoms with Crippen LogP contribution in [0.4, 0.5) is 0 Å². The molecule has 2 amide bonds. The molecular weight excluding hydrogens is 456 g/mol. The van der Waals surface area contributed by atoms with Crippen molar-refractivity contribution in [3.63, 3.8) is 0 Å². The molecule has 1 aliphatic heterocycles. The number of nitrogens with zero attached hydrogens (tertiary/aromatic N) is 3. The van der Waals surface area contributed by atoms with Crippen LogP contribution in [0.2, 0.25) is 0 Å². The third-order valence-electron chi connectivity index (χ3n) is 5.07. The summed E-state index contributed by atoms with van der Waals surface area (Å²) in [5.74, 6) is -1.14. The van der Waals surface area contributed by atoms with Crippen LogP contribution in [0.25, 0.3) is 10.2 Å². The highest BCUT2D eigenvalue weighted by molar-refractivity contribution is 7.20. The Balaban J connectivity index is 0.00000363. The van der Waals surface area contributed by atoms with Crippen LogP contribution >= 0.6 is 11.3 Å². The second-order valence-corrected chi connectivity index (χ2v) is 8.47. The second kappa shape index (κ2) is 11.2. The Kier molecular flexibility index (Phi) is 8.93. The van der Waals surface area contributed by atoms with Crippen molar-refractivity contribution in [3.05, 3.63) is 29.3 Å². The van der Waals surface area contributed by atoms with Gasteiger partial charge >= 0.3 is 0 Å². The van der Waals surface area contributed by atoms with Crippen LogP contribution in [0.5, 0.6) is 0 Å². The van der Waals surface area contributed by atoms with Gasteiger partial charge in [-0.25, -0.2) is 4.98 Å². The molecule has 2 heterocycles. The molecule has 3 atom stereocenters. The van der Waals surface area contributed by atoms with Gasteiger partial charge in [-0.15, -0.1) is 11.3 Å². The highest BCUT2D eigenvalue weighted by atomic mass is 35.5. The Morgan fingerprint density at radius 1 is 1.34 bits per heavy atom. The summed E-state index contributed by atoms with van der Waals surface area (Å²) in [6.45, 7) is 1.75. The molecule has 3 rings (SSSR count). The summed E-state index contributed by atoms with van der Waals surface area (Å²) in [7, 11) is 0. The molecule has 1 saturated heterocycles. The minimum absolute atomic E-state index is 0. The van der Waals surface area contributed by atoms with Gasteiger partial charge in [0, 0.05) is 26.4 Å². The van der Waals surface area contributed by atoms with Gasteiger partial charge in [0.25, 0.3) is 0 Å². The van der Waals surface area contributed by atoms with Crippen LogP contribution in [0.15, 0.2) is 29.3 Å². The number of rotatable bonds is 8. The number of aromatic nitrogens is 1. The third kappa shape index (κ3) is 6.15. The van der Waals surface area contributed by atoms with Crippen molar-refractivity contribution in [2.24, 2.45) is 16.5 Å². The molecule has 1 aromatic heterocycles. The minimum atomic E-state index is -0.853. The van der Waals surface area contributed by atoms with E-state index in [0.717, 1.165) is 4.70 Å². The van der Waals surface area contributed by atoms with Crippen LogP contribution in [-0.2, 0) is 9.59 Å². The second-order valence-electron chi connectivity index (χ2n) is 7.44. The molecule has 0 radical (unpaired) electrons. The number of aliphatic imine (C=N–C) groups is 1. The summed E-state index contributed by atoms with van der Waals surface area (Å²) >= 11 is 1.26. The summed E-state index contributed by atoms with van der Waals surface area (Å²) in [6, 6.07) is 5.72. The van der Waals surface area contributed by atoms with E-state index in [1.807, 2.05) is 24.3 Å². The van der Waals surface area contributed by atoms with Crippen molar-refractivity contribution >= 4 is 45.1 Å². The number of hydrogen-bond donors (Lipinski definition) is 4. The number of β-amino-alcohol motifs (C(OH)–C–C–N with tert-alkyl or cyclic N) is 1. The maximum atomic E-state index is 13.2. The van der Waals surface area contributed by atoms with Crippen molar-refractivity contribution in [1.82, 2.24) is 15.2 Å². The van der Waals surface area contributed by atoms with Gasteiger partial charge in [0.05, 0.1) is 22.4 Å². The van der Waals surface area contributed by atoms with Crippen LogP contribution in [0.1, 0.15) is 36.0 Å². The normalized spacial score (nSPS) is 18.6. The number of aliphatic hydroxyl groups excluding tert-OH is 1. The molecule has 0 aliphatic carbocycles. The first kappa shape index (κ1) is 25.5. The van der Waals surface area contributed by atoms with Crippen LogP contribution in [0, 0.1) is 0 Å². The monoisotopic (exact) mass is 481 g/mol. The van der Waals surface area contributed by atoms with Crippen molar-refractivity contribution in [2.75, 3.05) is 13.1 Å². The van der Waals surface area contributed by atoms with Gasteiger partial charge in [-0.2, -0.15) is 0 Å². The van der Waals surface area contributed by atoms with E-state index in [0.29, 0.717) is 29.9 Å². The SMILES string of the molecule is CC(=O)N1C[C@H](O)C[C@H]1C(=O)N[C@@H](CCCN=C(N)N)C(=O)c1nc2ccccc2s1.[Cl-]. The van der Waals surface area contributed by atoms with E-state index < -0.39 is 24.1 Å². The Labute approximate surface area is 195 Å². The molecule has 174 valence electrons. The lowest BCUT2D eigenvalue weighted by atomic mass is 10.1. The predicted molar refractivity (Wildman–Crippen MR) is 118 cm³/mol. The van der Waals surface area contributed by atoms with Gasteiger partial charge in [-0.1, -0.05) is 12.1 Å². The summed E-state index contributed by atoms with van der Waals surface area (Å²) in [4.78, 5) is 47.6. The number of likely N-dealkylation sites (tertiary alicyclic amines) is 1. The highest BCUT2D eigenvalue weighted by Crippen LogP contribution is 2.24. The van der Waals surface area contributed by atoms with E-state index in [4.69, 9.17) is 11.5 Å². The molecule has 1 fully saturated rings. The van der Waals surface area contributed by atoms with Gasteiger partial charge in [-0.3, -0.25) is 19.4 Å². The fraction of sp³-hybridized carbons (Fsp3) is 0.450. The average Bonchev–Trinajstić information content (AvgIpc) is 3.33. The van der Waals surface area contributed by atoms with Gasteiger partial charge in [0.15, 0.2) is 11.0 Å². The molecule has 10 nitrogen and oxygen atoms in total. The minimum Gasteiger partial charge on any atom is -1.00 e. The van der Waals surface area contributed by atoms with Crippen molar-refractivity contribution in [3.8, 4) is 0 Å². The number of para-hydroxylation sites is 1. The van der Waals surface area contributed by atoms with Crippen LogP contribution in [0.3, 0.4) is 0 Å². The number of Topliss-reactive ketones (excluding diaryl/α,β-unsaturated/α-hetero) is 1. The van der Waals surface area contributed by atoms with Crippen molar-refractivity contribution in [1.29, 1.82) is 0 Å². The zero-order chi connectivity index (χ0) is 22.5. The van der Waals surface area contributed by atoms with E-state index in [9.17, 15) is 19.5 Å². The van der Waals surface area contributed by atoms with Crippen molar-refractivity contribution in [2.45, 2.75) is 44.4 Å². The lowest BCUT2D eigenvalue weighted by molar-refractivity contribution is -0.137. The number of carbonyl (C=O) groups excluding carboxylic acids is 3. The quantitative estimate of drug-likeness (QED) is 0.135. The lowest BCUT2D eigenvalue weighted by Crippen LogP contribution is -3.00. The molecular formula is C20H26ClN6O4S-. The molecule has 6 N–H and O–H groups in total. The molecule has 12 heteroatoms. The summed E-state index contributed by atoms with van der Waals surface area (Å²) in [6.07, 6.45) is 0.108. The third-order valence-corrected chi connectivity index (χ3v) is 6.12. The number of guanidine groups is 1. The Morgan fingerprint density at radius 3 is 2.72 bits per heavy atom. The Hall–Kier alpha value is -2.76. The number of fused-ring (bicyclic) bond motifs is 1. The number of nitrogens with two attached hydrogens (primary N) is 2. The molecule has 1 aromatic carbocycles. The summed E-state index contributed by atoms with van der Waals surface area (Å²) < 4.78 is 0.873. The van der Waals surface area contributed by atoms with Crippen LogP contribution < -0.4 is 29.2 Å². The maximum absolute atomic E-state index is 13.2. The van der Waals surface area contributed by atoms with Crippen LogP contribution in [-0.4, -0.2) is 69.8 Å². The Bertz CT molecular complexity index is 976. The summed E-state index contributed by atoms with van der Waals surface area (Å²) in [5, 5.41) is 13.0. The summed E-state index contributed by atoms with van der Waals surface area (Å²) in [5.41, 5.74) is 11.4. The number of benzene rings is 1. The average molecular weight is 482 g/mol. The number of ketones is 1. The smallest absolute Gasteiger partial charge is 0.243 e. The molecule has 32 heavy (non-hydrogen) atoms. The largest absolute Gasteiger partial charge is 1.00 e. The highest BCUT2D eigenvalue weighted by Gasteiger charge is 2.39. The van der Waals surface area contributed by atoms with E-state index in [1.165, 1.54) is 23.2 Å². The number of thiazole rings is 1. The van der Waals surface area contributed by atoms with Gasteiger partial charge in [0.1, 0.15) is 6.04 Å². The molecule has 0 bridgehead atoms. The van der Waals surface area contributed by atoms with E-state index in [1.54, 1.807) is 0 Å². The molecule has 1 aliphatic rings. The fourth-order valence-corrected chi connectivity index (χ4v) is 4.54. The molecule has 0 saturated carbocycles. The lowest BCUT2D eigenvalue weighted by Gasteiger charge is -2.24. The number of carbonyl (C=O) groups is 3. The fourth-order valence-electron chi connectivity index (χ4n) is 3.58.